The van der Waals surface area contributed by atoms with E-state index in [4.69, 9.17) is 0 Å². The van der Waals surface area contributed by atoms with E-state index in [1.165, 1.54) is 38.5 Å². The number of alkyl halides is 1. The van der Waals surface area contributed by atoms with Gasteiger partial charge < -0.3 is 4.90 Å². The van der Waals surface area contributed by atoms with E-state index in [-0.39, 0.29) is 0 Å². The Hall–Kier alpha value is -0.0500. The molecular weight excluding hydrogens is 290 g/mol. The molecule has 1 heterocycles. The van der Waals surface area contributed by atoms with E-state index in [1.54, 1.807) is 0 Å². The van der Waals surface area contributed by atoms with Gasteiger partial charge in [0.05, 0.1) is 0 Å². The first kappa shape index (κ1) is 14.4. The third kappa shape index (κ3) is 3.97. The predicted molar refractivity (Wildman–Crippen MR) is 78.9 cm³/mol. The van der Waals surface area contributed by atoms with Crippen LogP contribution in [-0.4, -0.2) is 28.7 Å². The number of rotatable bonds is 2. The van der Waals surface area contributed by atoms with Crippen molar-refractivity contribution < 1.29 is 4.79 Å². The Morgan fingerprint density at radius 1 is 1.17 bits per heavy atom. The highest BCUT2D eigenvalue weighted by Gasteiger charge is 2.28. The minimum atomic E-state index is 0.410. The Bertz CT molecular complexity index is 274. The summed E-state index contributed by atoms with van der Waals surface area (Å²) in [6.07, 6.45) is 9.87. The second kappa shape index (κ2) is 6.93. The van der Waals surface area contributed by atoms with Crippen molar-refractivity contribution in [2.45, 2.75) is 63.1 Å². The van der Waals surface area contributed by atoms with Gasteiger partial charge in [0.15, 0.2) is 0 Å². The van der Waals surface area contributed by atoms with Crippen molar-refractivity contribution >= 4 is 21.8 Å². The molecule has 18 heavy (non-hydrogen) atoms. The monoisotopic (exact) mass is 315 g/mol. The molecule has 0 aromatic carbocycles. The molecule has 1 saturated carbocycles. The largest absolute Gasteiger partial charge is 0.342 e. The summed E-state index contributed by atoms with van der Waals surface area (Å²) in [4.78, 5) is 15.0. The van der Waals surface area contributed by atoms with E-state index in [0.29, 0.717) is 22.6 Å². The smallest absolute Gasteiger partial charge is 0.222 e. The Morgan fingerprint density at radius 2 is 1.83 bits per heavy atom. The maximum absolute atomic E-state index is 12.3. The molecule has 104 valence electrons. The molecule has 2 unspecified atom stereocenters. The predicted octanol–water partition coefficient (Wildman–Crippen LogP) is 3.98. The van der Waals surface area contributed by atoms with Crippen LogP contribution in [0.3, 0.4) is 0 Å². The minimum absolute atomic E-state index is 0.410. The number of piperidine rings is 1. The van der Waals surface area contributed by atoms with Gasteiger partial charge in [-0.15, -0.1) is 0 Å². The molecule has 1 amide bonds. The molecule has 1 aliphatic heterocycles. The second-order valence-electron chi connectivity index (χ2n) is 6.18. The molecular formula is C15H26BrNO. The van der Waals surface area contributed by atoms with Gasteiger partial charge in [-0.05, 0) is 31.1 Å². The molecule has 0 spiro atoms. The summed E-state index contributed by atoms with van der Waals surface area (Å²) < 4.78 is 0. The van der Waals surface area contributed by atoms with Crippen LogP contribution in [0.4, 0.5) is 0 Å². The van der Waals surface area contributed by atoms with Gasteiger partial charge in [-0.3, -0.25) is 4.79 Å². The number of hydrogen-bond acceptors (Lipinski definition) is 1. The molecule has 0 aromatic heterocycles. The standard InChI is InChI=1S/C15H26BrNO/c1-12-11-17(9-8-14(12)16)15(18)10-13-6-4-2-3-5-7-13/h12-14H,2-11H2,1H3. The van der Waals surface area contributed by atoms with Crippen LogP contribution in [0.15, 0.2) is 0 Å². The third-order valence-corrected chi connectivity index (χ3v) is 5.95. The van der Waals surface area contributed by atoms with Gasteiger partial charge in [-0.1, -0.05) is 48.5 Å². The van der Waals surface area contributed by atoms with Crippen LogP contribution in [0.2, 0.25) is 0 Å². The van der Waals surface area contributed by atoms with E-state index < -0.39 is 0 Å². The fourth-order valence-electron chi connectivity index (χ4n) is 3.29. The molecule has 1 aliphatic carbocycles. The lowest BCUT2D eigenvalue weighted by atomic mass is 9.94. The molecule has 2 rings (SSSR count). The van der Waals surface area contributed by atoms with Crippen molar-refractivity contribution in [3.63, 3.8) is 0 Å². The van der Waals surface area contributed by atoms with E-state index in [2.05, 4.69) is 27.8 Å². The van der Waals surface area contributed by atoms with Crippen molar-refractivity contribution in [2.75, 3.05) is 13.1 Å². The van der Waals surface area contributed by atoms with Crippen molar-refractivity contribution in [1.29, 1.82) is 0 Å². The van der Waals surface area contributed by atoms with Gasteiger partial charge in [0.25, 0.3) is 0 Å². The number of halogens is 1. The van der Waals surface area contributed by atoms with Gasteiger partial charge in [-0.2, -0.15) is 0 Å². The zero-order valence-corrected chi connectivity index (χ0v) is 13.1. The summed E-state index contributed by atoms with van der Waals surface area (Å²) in [6, 6.07) is 0. The molecule has 2 nitrogen and oxygen atoms in total. The second-order valence-corrected chi connectivity index (χ2v) is 7.36. The SMILES string of the molecule is CC1CN(C(=O)CC2CCCCCC2)CCC1Br. The van der Waals surface area contributed by atoms with Crippen LogP contribution in [-0.2, 0) is 4.79 Å². The lowest BCUT2D eigenvalue weighted by molar-refractivity contribution is -0.133. The van der Waals surface area contributed by atoms with Crippen LogP contribution < -0.4 is 0 Å². The van der Waals surface area contributed by atoms with E-state index >= 15 is 0 Å². The van der Waals surface area contributed by atoms with Crippen LogP contribution in [0.5, 0.6) is 0 Å². The topological polar surface area (TPSA) is 20.3 Å². The van der Waals surface area contributed by atoms with Crippen LogP contribution >= 0.6 is 15.9 Å². The number of carbonyl (C=O) groups is 1. The molecule has 0 aromatic rings. The summed E-state index contributed by atoms with van der Waals surface area (Å²) in [5.74, 6) is 1.67. The molecule has 0 radical (unpaired) electrons. The van der Waals surface area contributed by atoms with Gasteiger partial charge in [0.2, 0.25) is 5.91 Å². The normalized spacial score (nSPS) is 31.1. The zero-order chi connectivity index (χ0) is 13.0. The average molecular weight is 316 g/mol. The number of nitrogens with zero attached hydrogens (tertiary/aromatic N) is 1. The number of amides is 1. The Balaban J connectivity index is 1.80. The molecule has 0 N–H and O–H groups in total. The van der Waals surface area contributed by atoms with Gasteiger partial charge in [-0.25, -0.2) is 0 Å². The lowest BCUT2D eigenvalue weighted by Gasteiger charge is -2.35. The first-order chi connectivity index (χ1) is 8.66. The summed E-state index contributed by atoms with van der Waals surface area (Å²) in [5, 5.41) is 0. The summed E-state index contributed by atoms with van der Waals surface area (Å²) >= 11 is 3.70. The Labute approximate surface area is 120 Å². The van der Waals surface area contributed by atoms with E-state index in [9.17, 15) is 4.79 Å². The number of carbonyl (C=O) groups excluding carboxylic acids is 1. The zero-order valence-electron chi connectivity index (χ0n) is 11.5. The van der Waals surface area contributed by atoms with E-state index in [1.807, 2.05) is 0 Å². The van der Waals surface area contributed by atoms with Crippen molar-refractivity contribution in [3.05, 3.63) is 0 Å². The summed E-state index contributed by atoms with van der Waals surface area (Å²) in [5.41, 5.74) is 0. The maximum Gasteiger partial charge on any atom is 0.222 e. The quantitative estimate of drug-likeness (QED) is 0.557. The minimum Gasteiger partial charge on any atom is -0.342 e. The third-order valence-electron chi connectivity index (χ3n) is 4.59. The van der Waals surface area contributed by atoms with Crippen molar-refractivity contribution in [1.82, 2.24) is 4.90 Å². The van der Waals surface area contributed by atoms with Crippen molar-refractivity contribution in [2.24, 2.45) is 11.8 Å². The molecule has 3 heteroatoms. The first-order valence-corrected chi connectivity index (χ1v) is 8.50. The maximum atomic E-state index is 12.3. The molecule has 2 atom stereocenters. The van der Waals surface area contributed by atoms with E-state index in [0.717, 1.165) is 25.9 Å². The van der Waals surface area contributed by atoms with Crippen LogP contribution in [0, 0.1) is 11.8 Å². The fourth-order valence-corrected chi connectivity index (χ4v) is 3.66. The van der Waals surface area contributed by atoms with Gasteiger partial charge in [0, 0.05) is 24.3 Å². The van der Waals surface area contributed by atoms with Gasteiger partial charge in [0.1, 0.15) is 0 Å². The number of hydrogen-bond donors (Lipinski definition) is 0. The highest BCUT2D eigenvalue weighted by molar-refractivity contribution is 9.09. The first-order valence-electron chi connectivity index (χ1n) is 7.58. The van der Waals surface area contributed by atoms with Crippen LogP contribution in [0.25, 0.3) is 0 Å². The molecule has 2 fully saturated rings. The summed E-state index contributed by atoms with van der Waals surface area (Å²) in [7, 11) is 0. The molecule has 0 bridgehead atoms. The van der Waals surface area contributed by atoms with Gasteiger partial charge >= 0.3 is 0 Å². The highest BCUT2D eigenvalue weighted by Crippen LogP contribution is 2.28. The highest BCUT2D eigenvalue weighted by atomic mass is 79.9. The molecule has 2 aliphatic rings. The summed E-state index contributed by atoms with van der Waals surface area (Å²) in [6.45, 7) is 4.14. The molecule has 1 saturated heterocycles. The van der Waals surface area contributed by atoms with Crippen molar-refractivity contribution in [3.8, 4) is 0 Å². The Morgan fingerprint density at radius 3 is 2.44 bits per heavy atom. The average Bonchev–Trinajstić information content (AvgIpc) is 2.61. The fraction of sp³-hybridized carbons (Fsp3) is 0.933. The number of likely N-dealkylation sites (tertiary alicyclic amines) is 1. The van der Waals surface area contributed by atoms with Crippen LogP contribution in [0.1, 0.15) is 58.3 Å². The lowest BCUT2D eigenvalue weighted by Crippen LogP contribution is -2.43. The Kier molecular flexibility index (Phi) is 5.53.